The van der Waals surface area contributed by atoms with Crippen LogP contribution in [0.3, 0.4) is 0 Å². The third kappa shape index (κ3) is 1.70. The molecule has 1 atom stereocenters. The van der Waals surface area contributed by atoms with Gasteiger partial charge in [0.05, 0.1) is 11.6 Å². The first-order valence-electron chi connectivity index (χ1n) is 4.76. The number of nitrogens with zero attached hydrogens (tertiary/aromatic N) is 2. The number of imidazole rings is 1. The van der Waals surface area contributed by atoms with Crippen LogP contribution in [0.5, 0.6) is 0 Å². The Morgan fingerprint density at radius 1 is 1.60 bits per heavy atom. The molecule has 2 aromatic heterocycles. The Kier molecular flexibility index (Phi) is 2.19. The number of pyridine rings is 1. The fourth-order valence-corrected chi connectivity index (χ4v) is 1.44. The largest absolute Gasteiger partial charge is 0.481 e. The number of aryl methyl sites for hydroxylation is 1. The standard InChI is InChI=1S/C11H12N2O2/c1-7-3-4-13-6-9(8(2)11(14)15)12-10(13)5-7/h3-6,8H,1-2H3,(H,14,15). The van der Waals surface area contributed by atoms with Crippen LogP contribution in [0.25, 0.3) is 5.65 Å². The lowest BCUT2D eigenvalue weighted by Gasteiger charge is -1.98. The third-order valence-corrected chi connectivity index (χ3v) is 2.45. The first kappa shape index (κ1) is 9.71. The van der Waals surface area contributed by atoms with Crippen molar-refractivity contribution in [2.24, 2.45) is 0 Å². The second kappa shape index (κ2) is 3.38. The molecule has 0 saturated heterocycles. The smallest absolute Gasteiger partial charge is 0.312 e. The number of carboxylic acids is 1. The molecule has 0 aliphatic rings. The number of aliphatic carboxylic acids is 1. The minimum Gasteiger partial charge on any atom is -0.481 e. The molecule has 0 spiro atoms. The van der Waals surface area contributed by atoms with Crippen molar-refractivity contribution in [1.29, 1.82) is 0 Å². The zero-order valence-electron chi connectivity index (χ0n) is 8.64. The number of hydrogen-bond donors (Lipinski definition) is 1. The van der Waals surface area contributed by atoms with E-state index in [9.17, 15) is 4.79 Å². The molecule has 15 heavy (non-hydrogen) atoms. The Hall–Kier alpha value is -1.84. The van der Waals surface area contributed by atoms with E-state index in [-0.39, 0.29) is 0 Å². The summed E-state index contributed by atoms with van der Waals surface area (Å²) in [7, 11) is 0. The Bertz CT molecular complexity index is 516. The van der Waals surface area contributed by atoms with Gasteiger partial charge in [-0.1, -0.05) is 0 Å². The monoisotopic (exact) mass is 204 g/mol. The van der Waals surface area contributed by atoms with E-state index in [2.05, 4.69) is 4.98 Å². The zero-order chi connectivity index (χ0) is 11.0. The number of rotatable bonds is 2. The van der Waals surface area contributed by atoms with Crippen LogP contribution in [0.2, 0.25) is 0 Å². The van der Waals surface area contributed by atoms with Gasteiger partial charge in [0, 0.05) is 12.4 Å². The summed E-state index contributed by atoms with van der Waals surface area (Å²) < 4.78 is 1.84. The molecule has 0 radical (unpaired) electrons. The van der Waals surface area contributed by atoms with E-state index in [0.717, 1.165) is 11.2 Å². The normalized spacial score (nSPS) is 12.9. The predicted molar refractivity (Wildman–Crippen MR) is 56.0 cm³/mol. The van der Waals surface area contributed by atoms with E-state index < -0.39 is 11.9 Å². The number of aromatic nitrogens is 2. The second-order valence-corrected chi connectivity index (χ2v) is 3.70. The maximum Gasteiger partial charge on any atom is 0.312 e. The van der Waals surface area contributed by atoms with Gasteiger partial charge in [-0.05, 0) is 31.5 Å². The predicted octanol–water partition coefficient (Wildman–Crippen LogP) is 1.83. The molecule has 78 valence electrons. The molecule has 0 aromatic carbocycles. The first-order chi connectivity index (χ1) is 7.08. The van der Waals surface area contributed by atoms with Gasteiger partial charge in [-0.2, -0.15) is 0 Å². The van der Waals surface area contributed by atoms with E-state index in [4.69, 9.17) is 5.11 Å². The maximum absolute atomic E-state index is 10.8. The first-order valence-corrected chi connectivity index (χ1v) is 4.76. The van der Waals surface area contributed by atoms with Crippen molar-refractivity contribution in [1.82, 2.24) is 9.38 Å². The number of carbonyl (C=O) groups is 1. The van der Waals surface area contributed by atoms with Gasteiger partial charge in [0.15, 0.2) is 0 Å². The summed E-state index contributed by atoms with van der Waals surface area (Å²) in [5, 5.41) is 8.87. The van der Waals surface area contributed by atoms with Crippen LogP contribution in [0.4, 0.5) is 0 Å². The molecule has 2 aromatic rings. The quantitative estimate of drug-likeness (QED) is 0.811. The molecule has 2 rings (SSSR count). The Labute approximate surface area is 87.2 Å². The van der Waals surface area contributed by atoms with Gasteiger partial charge in [-0.25, -0.2) is 4.98 Å². The molecule has 1 unspecified atom stereocenters. The van der Waals surface area contributed by atoms with Crippen LogP contribution in [0, 0.1) is 6.92 Å². The van der Waals surface area contributed by atoms with Crippen molar-refractivity contribution in [3.63, 3.8) is 0 Å². The van der Waals surface area contributed by atoms with Crippen molar-refractivity contribution >= 4 is 11.6 Å². The van der Waals surface area contributed by atoms with E-state index in [0.29, 0.717) is 5.69 Å². The van der Waals surface area contributed by atoms with E-state index in [1.165, 1.54) is 0 Å². The van der Waals surface area contributed by atoms with Gasteiger partial charge in [-0.15, -0.1) is 0 Å². The summed E-state index contributed by atoms with van der Waals surface area (Å²) in [6.07, 6.45) is 3.64. The van der Waals surface area contributed by atoms with E-state index in [1.807, 2.05) is 29.7 Å². The summed E-state index contributed by atoms with van der Waals surface area (Å²) in [5.41, 5.74) is 2.49. The molecule has 4 heteroatoms. The fourth-order valence-electron chi connectivity index (χ4n) is 1.44. The third-order valence-electron chi connectivity index (χ3n) is 2.45. The Balaban J connectivity index is 2.51. The molecule has 0 bridgehead atoms. The molecule has 4 nitrogen and oxygen atoms in total. The lowest BCUT2D eigenvalue weighted by atomic mass is 10.1. The molecule has 0 aliphatic heterocycles. The molecule has 0 aliphatic carbocycles. The fraction of sp³-hybridized carbons (Fsp3) is 0.273. The summed E-state index contributed by atoms with van der Waals surface area (Å²) in [6, 6.07) is 3.89. The van der Waals surface area contributed by atoms with Crippen LogP contribution in [0.1, 0.15) is 24.1 Å². The van der Waals surface area contributed by atoms with Gasteiger partial charge >= 0.3 is 5.97 Å². The average Bonchev–Trinajstić information content (AvgIpc) is 2.58. The summed E-state index contributed by atoms with van der Waals surface area (Å²) in [6.45, 7) is 3.62. The topological polar surface area (TPSA) is 54.6 Å². The van der Waals surface area contributed by atoms with Crippen molar-refractivity contribution in [2.75, 3.05) is 0 Å². The summed E-state index contributed by atoms with van der Waals surface area (Å²) in [4.78, 5) is 15.1. The highest BCUT2D eigenvalue weighted by atomic mass is 16.4. The van der Waals surface area contributed by atoms with Crippen molar-refractivity contribution in [3.8, 4) is 0 Å². The van der Waals surface area contributed by atoms with Crippen LogP contribution in [-0.4, -0.2) is 20.5 Å². The lowest BCUT2D eigenvalue weighted by molar-refractivity contribution is -0.138. The number of fused-ring (bicyclic) bond motifs is 1. The van der Waals surface area contributed by atoms with Crippen molar-refractivity contribution < 1.29 is 9.90 Å². The minimum absolute atomic E-state index is 0.565. The van der Waals surface area contributed by atoms with Gasteiger partial charge in [0.25, 0.3) is 0 Å². The Morgan fingerprint density at radius 2 is 2.33 bits per heavy atom. The highest BCUT2D eigenvalue weighted by Gasteiger charge is 2.16. The number of hydrogen-bond acceptors (Lipinski definition) is 2. The van der Waals surface area contributed by atoms with Crippen LogP contribution in [-0.2, 0) is 4.79 Å². The summed E-state index contributed by atoms with van der Waals surface area (Å²) >= 11 is 0. The molecular weight excluding hydrogens is 192 g/mol. The molecule has 0 amide bonds. The molecule has 0 saturated carbocycles. The minimum atomic E-state index is -0.852. The van der Waals surface area contributed by atoms with Gasteiger partial charge < -0.3 is 9.51 Å². The van der Waals surface area contributed by atoms with E-state index >= 15 is 0 Å². The SMILES string of the molecule is Cc1ccn2cc(C(C)C(=O)O)nc2c1. The lowest BCUT2D eigenvalue weighted by Crippen LogP contribution is -2.07. The molecule has 0 fully saturated rings. The average molecular weight is 204 g/mol. The molecule has 2 heterocycles. The van der Waals surface area contributed by atoms with Gasteiger partial charge in [0.1, 0.15) is 5.65 Å². The van der Waals surface area contributed by atoms with Gasteiger partial charge in [-0.3, -0.25) is 4.79 Å². The van der Waals surface area contributed by atoms with Crippen molar-refractivity contribution in [3.05, 3.63) is 35.8 Å². The second-order valence-electron chi connectivity index (χ2n) is 3.70. The summed E-state index contributed by atoms with van der Waals surface area (Å²) in [5.74, 6) is -1.42. The Morgan fingerprint density at radius 3 is 3.00 bits per heavy atom. The van der Waals surface area contributed by atoms with Crippen LogP contribution < -0.4 is 0 Å². The van der Waals surface area contributed by atoms with Gasteiger partial charge in [0.2, 0.25) is 0 Å². The van der Waals surface area contributed by atoms with Crippen LogP contribution in [0.15, 0.2) is 24.5 Å². The maximum atomic E-state index is 10.8. The van der Waals surface area contributed by atoms with E-state index in [1.54, 1.807) is 13.1 Å². The number of carboxylic acid groups (broad SMARTS) is 1. The van der Waals surface area contributed by atoms with Crippen molar-refractivity contribution in [2.45, 2.75) is 19.8 Å². The molecule has 1 N–H and O–H groups in total. The highest BCUT2D eigenvalue weighted by Crippen LogP contribution is 2.16. The highest BCUT2D eigenvalue weighted by molar-refractivity contribution is 5.75. The van der Waals surface area contributed by atoms with Crippen LogP contribution >= 0.6 is 0 Å². The zero-order valence-corrected chi connectivity index (χ0v) is 8.64. The molecular formula is C11H12N2O2.